The molecule has 28 heteroatoms. The van der Waals surface area contributed by atoms with Gasteiger partial charge in [-0.3, -0.25) is 29.6 Å². The highest BCUT2D eigenvalue weighted by Gasteiger charge is 2.25. The van der Waals surface area contributed by atoms with Gasteiger partial charge in [0.05, 0.1) is 82.6 Å². The van der Waals surface area contributed by atoms with E-state index >= 15 is 0 Å². The molecule has 0 aliphatic carbocycles. The quantitative estimate of drug-likeness (QED) is 0.0249. The van der Waals surface area contributed by atoms with Crippen molar-refractivity contribution in [2.24, 2.45) is 5.73 Å². The number of nitriles is 3. The van der Waals surface area contributed by atoms with Gasteiger partial charge in [0.25, 0.3) is 11.8 Å². The van der Waals surface area contributed by atoms with Gasteiger partial charge in [0, 0.05) is 111 Å². The lowest BCUT2D eigenvalue weighted by Crippen LogP contribution is -2.48. The summed E-state index contributed by atoms with van der Waals surface area (Å²) in [6.07, 6.45) is -1.52. The Bertz CT molecular complexity index is 3950. The Morgan fingerprint density at radius 3 is 1.50 bits per heavy atom. The lowest BCUT2D eigenvalue weighted by atomic mass is 9.99. The normalized spacial score (nSPS) is 10.3. The van der Waals surface area contributed by atoms with Crippen LogP contribution in [0.4, 0.5) is 61.2 Å². The molecule has 0 aliphatic rings. The number of halogens is 3. The number of nitrogens with zero attached hydrogens (tertiary/aromatic N) is 7. The maximum Gasteiger partial charge on any atom is 0.413 e. The van der Waals surface area contributed by atoms with E-state index in [-0.39, 0.29) is 36.1 Å². The molecule has 0 fully saturated rings. The number of nitrogens with one attached hydrogen (secondary N) is 3. The van der Waals surface area contributed by atoms with E-state index in [1.165, 1.54) is 56.3 Å². The van der Waals surface area contributed by atoms with E-state index in [1.54, 1.807) is 136 Å². The number of nitrogen functional groups attached to an aromatic ring is 1. The maximum absolute atomic E-state index is 14.0. The summed E-state index contributed by atoms with van der Waals surface area (Å²) in [6.45, 7) is 7.79. The average molecular weight is 1410 g/mol. The lowest BCUT2D eigenvalue weighted by molar-refractivity contribution is 0.0755. The molecule has 101 heavy (non-hydrogen) atoms. The topological polar surface area (TPSA) is 358 Å². The third-order valence-corrected chi connectivity index (χ3v) is 14.0. The van der Waals surface area contributed by atoms with Crippen molar-refractivity contribution < 1.29 is 71.1 Å². The fourth-order valence-corrected chi connectivity index (χ4v) is 8.82. The molecule has 0 spiro atoms. The Kier molecular flexibility index (Phi) is 39.3. The van der Waals surface area contributed by atoms with Crippen molar-refractivity contribution in [2.45, 2.75) is 65.3 Å². The molecule has 0 unspecified atom stereocenters. The van der Waals surface area contributed by atoms with Crippen LogP contribution in [0, 0.1) is 52.6 Å². The van der Waals surface area contributed by atoms with E-state index in [4.69, 9.17) is 32.0 Å². The number of anilines is 5. The van der Waals surface area contributed by atoms with Gasteiger partial charge in [-0.2, -0.15) is 15.8 Å². The van der Waals surface area contributed by atoms with Crippen LogP contribution in [0.3, 0.4) is 0 Å². The van der Waals surface area contributed by atoms with Crippen LogP contribution >= 0.6 is 11.6 Å². The van der Waals surface area contributed by atoms with Gasteiger partial charge in [-0.25, -0.2) is 32.8 Å². The highest BCUT2D eigenvalue weighted by atomic mass is 35.5. The van der Waals surface area contributed by atoms with Gasteiger partial charge in [0.2, 0.25) is 0 Å². The minimum absolute atomic E-state index is 0.0281. The molecule has 0 radical (unpaired) electrons. The molecule has 536 valence electrons. The summed E-state index contributed by atoms with van der Waals surface area (Å²) in [5.74, 6) is -2.24. The number of methoxy groups -OCH3 is 5. The molecule has 7 rings (SSSR count). The predicted molar refractivity (Wildman–Crippen MR) is 382 cm³/mol. The second-order valence-electron chi connectivity index (χ2n) is 21.4. The highest BCUT2D eigenvalue weighted by molar-refractivity contribution is 6.61. The fraction of sp³-hybridized carbons (Fsp3) is 0.288. The number of rotatable bonds is 19. The number of amides is 6. The minimum atomic E-state index is -1.16. The van der Waals surface area contributed by atoms with Gasteiger partial charge in [-0.05, 0) is 158 Å². The van der Waals surface area contributed by atoms with Crippen LogP contribution in [0.1, 0.15) is 86.3 Å². The SMILES string of the molecule is CCCN(CCC)C(=O)c1cc(C)cc(C(=O)N[C@@H](Cc2cc(F)cc(F)c2)[C@H](O)CNCc2cccc(N(C)C(=O)OC)c2)c1.COC(=O)Cl.COC(=O)N(C)c1cccc(C#N)c1.COC(=O)N(C)c1cccc(CN)c1.COC(=O)Nc1cccc(C#N)c1.N#Cc1cccc(N)c1. The van der Waals surface area contributed by atoms with Crippen LogP contribution in [0.5, 0.6) is 0 Å². The first-order valence-corrected chi connectivity index (χ1v) is 31.3. The van der Waals surface area contributed by atoms with E-state index in [0.29, 0.717) is 71.2 Å². The van der Waals surface area contributed by atoms with Gasteiger partial charge < -0.3 is 55.8 Å². The molecule has 0 saturated heterocycles. The number of nitrogens with two attached hydrogens (primary N) is 2. The molecule has 7 aromatic carbocycles. The average Bonchev–Trinajstić information content (AvgIpc) is 0.904. The first-order chi connectivity index (χ1) is 48.2. The molecular formula is C73H85ClF2N12O13. The van der Waals surface area contributed by atoms with Gasteiger partial charge in [-0.15, -0.1) is 0 Å². The molecule has 0 heterocycles. The smallest absolute Gasteiger partial charge is 0.413 e. The molecule has 6 amide bonds. The van der Waals surface area contributed by atoms with Crippen LogP contribution in [0.2, 0.25) is 0 Å². The number of hydrogen-bond acceptors (Lipinski definition) is 19. The Hall–Kier alpha value is -11.7. The first-order valence-electron chi connectivity index (χ1n) is 30.9. The number of aliphatic hydroxyl groups is 1. The molecule has 0 aromatic heterocycles. The number of aryl methyl sites for hydroxylation is 1. The van der Waals surface area contributed by atoms with Crippen molar-refractivity contribution in [3.05, 3.63) is 219 Å². The predicted octanol–water partition coefficient (Wildman–Crippen LogP) is 12.2. The third-order valence-electron chi connectivity index (χ3n) is 13.8. The van der Waals surface area contributed by atoms with E-state index < -0.39 is 53.4 Å². The highest BCUT2D eigenvalue weighted by Crippen LogP contribution is 2.21. The number of ether oxygens (including phenoxy) is 5. The molecule has 8 N–H and O–H groups in total. The number of benzene rings is 7. The van der Waals surface area contributed by atoms with Crippen molar-refractivity contribution in [3.63, 3.8) is 0 Å². The summed E-state index contributed by atoms with van der Waals surface area (Å²) >= 11 is 4.60. The fourth-order valence-electron chi connectivity index (χ4n) is 8.82. The Morgan fingerprint density at radius 2 is 1.03 bits per heavy atom. The molecule has 0 aliphatic heterocycles. The summed E-state index contributed by atoms with van der Waals surface area (Å²) in [5, 5.41) is 45.2. The molecule has 7 aromatic rings. The maximum atomic E-state index is 14.0. The third kappa shape index (κ3) is 31.6. The molecule has 0 bridgehead atoms. The van der Waals surface area contributed by atoms with Crippen molar-refractivity contribution in [1.82, 2.24) is 15.5 Å². The van der Waals surface area contributed by atoms with E-state index in [1.807, 2.05) is 62.4 Å². The van der Waals surface area contributed by atoms with Gasteiger partial charge in [-0.1, -0.05) is 56.3 Å². The van der Waals surface area contributed by atoms with Gasteiger partial charge in [0.1, 0.15) is 11.6 Å². The Balaban J connectivity index is 0.000000504. The van der Waals surface area contributed by atoms with Crippen molar-refractivity contribution in [1.29, 1.82) is 15.8 Å². The summed E-state index contributed by atoms with van der Waals surface area (Å²) in [5.41, 5.74) is 18.3. The molecule has 25 nitrogen and oxygen atoms in total. The summed E-state index contributed by atoms with van der Waals surface area (Å²) in [6, 6.07) is 47.9. The summed E-state index contributed by atoms with van der Waals surface area (Å²) in [4.78, 5) is 87.0. The molecule has 0 saturated carbocycles. The standard InChI is InChI=1S/C35H44F2N4O5.C10H14N2O2.C10H10N2O2.C9H8N2O2.C7H6N2.C2H3ClO2/c1-6-11-41(12-7-2)34(44)27-14-23(3)13-26(19-27)33(43)39-31(18-25-15-28(36)20-29(37)16-25)32(42)22-38-21-24-9-8-10-30(17-24)40(4)35(45)46-5;2*1-12(10(13)14-2)9-5-3-4-8(6-9)7-11;1-13-9(12)11-8-4-2-3-7(5-8)6-10;8-5-6-2-1-3-7(9)4-6;1-5-2(3)4/h8-10,13-17,19-20,31-32,38,42H,6-7,11-12,18,21-22H2,1-5H3,(H,39,43);3-6H,7,11H2,1-2H3;3-6H,1-2H3;2-5H,1H3,(H,11,12);1-4H,9H2;1H3/t31-,32+;;;;;/m0...../s1. The van der Waals surface area contributed by atoms with E-state index in [2.05, 4.69) is 46.5 Å². The zero-order chi connectivity index (χ0) is 75.6. The van der Waals surface area contributed by atoms with Crippen LogP contribution < -0.4 is 42.1 Å². The van der Waals surface area contributed by atoms with Gasteiger partial charge >= 0.3 is 29.8 Å². The second kappa shape index (κ2) is 46.5. The van der Waals surface area contributed by atoms with Crippen molar-refractivity contribution in [2.75, 3.05) is 102 Å². The molecule has 2 atom stereocenters. The number of aliphatic hydroxyl groups excluding tert-OH is 1. The first kappa shape index (κ1) is 85.4. The number of carbonyl (C=O) groups is 7. The second-order valence-corrected chi connectivity index (χ2v) is 21.7. The largest absolute Gasteiger partial charge is 0.457 e. The zero-order valence-corrected chi connectivity index (χ0v) is 58.8. The van der Waals surface area contributed by atoms with Crippen LogP contribution in [0.15, 0.2) is 158 Å². The number of hydrogen-bond donors (Lipinski definition) is 6. The van der Waals surface area contributed by atoms with Crippen LogP contribution in [-0.2, 0) is 43.2 Å². The summed E-state index contributed by atoms with van der Waals surface area (Å²) in [7, 11) is 11.3. The number of carbonyl (C=O) groups excluding carboxylic acids is 7. The van der Waals surface area contributed by atoms with Crippen molar-refractivity contribution in [3.8, 4) is 18.2 Å². The Morgan fingerprint density at radius 1 is 0.574 bits per heavy atom. The monoisotopic (exact) mass is 1410 g/mol. The lowest BCUT2D eigenvalue weighted by Gasteiger charge is -2.26. The van der Waals surface area contributed by atoms with Gasteiger partial charge in [0.15, 0.2) is 0 Å². The van der Waals surface area contributed by atoms with Crippen LogP contribution in [0.25, 0.3) is 0 Å². The van der Waals surface area contributed by atoms with Crippen molar-refractivity contribution >= 4 is 81.7 Å². The zero-order valence-electron chi connectivity index (χ0n) is 58.1. The van der Waals surface area contributed by atoms with Crippen LogP contribution in [-0.4, -0.2) is 140 Å². The molecular weight excluding hydrogens is 1330 g/mol. The Labute approximate surface area is 592 Å². The van der Waals surface area contributed by atoms with E-state index in [0.717, 1.165) is 53.4 Å². The summed E-state index contributed by atoms with van der Waals surface area (Å²) < 4.78 is 50.2. The minimum Gasteiger partial charge on any atom is -0.457 e. The van der Waals surface area contributed by atoms with E-state index in [9.17, 15) is 47.4 Å².